The van der Waals surface area contributed by atoms with Gasteiger partial charge in [0.1, 0.15) is 18.1 Å². The molecule has 0 saturated carbocycles. The molecule has 1 aromatic carbocycles. The number of aromatic nitrogens is 1. The van der Waals surface area contributed by atoms with Crippen molar-refractivity contribution in [2.75, 3.05) is 0 Å². The van der Waals surface area contributed by atoms with Crippen molar-refractivity contribution in [2.45, 2.75) is 78.4 Å². The van der Waals surface area contributed by atoms with Crippen LogP contribution in [0.2, 0.25) is 0 Å². The number of Topliss-reactive ketones (excluding diaryl/α,β-unsaturated/α-hetero) is 1. The second-order valence-corrected chi connectivity index (χ2v) is 9.85. The maximum atomic E-state index is 14.2. The molecule has 2 heterocycles. The lowest BCUT2D eigenvalue weighted by Gasteiger charge is -2.46. The number of hydrogen-bond acceptors (Lipinski definition) is 4. The standard InChI is InChI=1S/C28H35N3O3/c1-6-16(3)25-27(33)30-24(21-14-19-10-8-9-11-20(19)15-21)28(34)31(25)26(23(32)7-2)22-13-12-17(4)29-18(22)5/h8-13,16,21,24-26H,6-7,14-15H2,1-5H3,(H,30,33)/t16-,24+,25+,26+/m0/s1. The smallest absolute Gasteiger partial charge is 0.247 e. The Morgan fingerprint density at radius 2 is 1.74 bits per heavy atom. The molecule has 4 rings (SSSR count). The minimum absolute atomic E-state index is 0.0242. The van der Waals surface area contributed by atoms with Crippen LogP contribution in [-0.4, -0.2) is 39.6 Å². The van der Waals surface area contributed by atoms with E-state index in [1.54, 1.807) is 4.90 Å². The van der Waals surface area contributed by atoms with E-state index in [1.165, 1.54) is 11.1 Å². The number of fused-ring (bicyclic) bond motifs is 1. The Kier molecular flexibility index (Phi) is 6.87. The molecule has 180 valence electrons. The van der Waals surface area contributed by atoms with E-state index in [-0.39, 0.29) is 35.9 Å². The number of pyridine rings is 1. The minimum atomic E-state index is -0.818. The molecule has 1 aliphatic heterocycles. The highest BCUT2D eigenvalue weighted by atomic mass is 16.2. The molecule has 0 bridgehead atoms. The highest BCUT2D eigenvalue weighted by Gasteiger charge is 2.50. The number of nitrogens with zero attached hydrogens (tertiary/aromatic N) is 2. The molecule has 1 fully saturated rings. The zero-order chi connectivity index (χ0) is 24.6. The van der Waals surface area contributed by atoms with E-state index >= 15 is 0 Å². The molecule has 4 atom stereocenters. The van der Waals surface area contributed by atoms with E-state index in [1.807, 2.05) is 58.9 Å². The number of ketones is 1. The number of aryl methyl sites for hydroxylation is 2. The summed E-state index contributed by atoms with van der Waals surface area (Å²) in [6.45, 7) is 9.57. The molecule has 6 heteroatoms. The van der Waals surface area contributed by atoms with Gasteiger partial charge in [0.05, 0.1) is 0 Å². The van der Waals surface area contributed by atoms with Crippen molar-refractivity contribution >= 4 is 17.6 Å². The van der Waals surface area contributed by atoms with E-state index in [9.17, 15) is 14.4 Å². The first-order valence-corrected chi connectivity index (χ1v) is 12.4. The second kappa shape index (κ2) is 9.69. The van der Waals surface area contributed by atoms with Gasteiger partial charge >= 0.3 is 0 Å². The molecule has 2 aliphatic rings. The number of benzene rings is 1. The number of amides is 2. The summed E-state index contributed by atoms with van der Waals surface area (Å²) >= 11 is 0. The van der Waals surface area contributed by atoms with Gasteiger partial charge in [0, 0.05) is 23.4 Å². The van der Waals surface area contributed by atoms with Crippen LogP contribution < -0.4 is 5.32 Å². The van der Waals surface area contributed by atoms with Gasteiger partial charge in [-0.1, -0.05) is 57.5 Å². The Morgan fingerprint density at radius 1 is 1.09 bits per heavy atom. The fourth-order valence-corrected chi connectivity index (χ4v) is 5.57. The summed E-state index contributed by atoms with van der Waals surface area (Å²) in [5.41, 5.74) is 4.74. The fourth-order valence-electron chi connectivity index (χ4n) is 5.57. The van der Waals surface area contributed by atoms with Crippen molar-refractivity contribution in [3.05, 3.63) is 64.5 Å². The first kappa shape index (κ1) is 24.1. The zero-order valence-corrected chi connectivity index (χ0v) is 20.8. The molecule has 1 aromatic heterocycles. The highest BCUT2D eigenvalue weighted by molar-refractivity contribution is 6.01. The van der Waals surface area contributed by atoms with Crippen molar-refractivity contribution in [3.8, 4) is 0 Å². The maximum absolute atomic E-state index is 14.2. The summed E-state index contributed by atoms with van der Waals surface area (Å²) < 4.78 is 0. The number of carbonyl (C=O) groups is 3. The summed E-state index contributed by atoms with van der Waals surface area (Å²) in [4.78, 5) is 47.3. The molecule has 34 heavy (non-hydrogen) atoms. The van der Waals surface area contributed by atoms with E-state index in [0.29, 0.717) is 5.56 Å². The Bertz CT molecular complexity index is 1090. The Balaban J connectivity index is 1.78. The number of nitrogens with one attached hydrogen (secondary N) is 1. The third-order valence-electron chi connectivity index (χ3n) is 7.62. The van der Waals surface area contributed by atoms with Gasteiger partial charge < -0.3 is 10.2 Å². The van der Waals surface area contributed by atoms with Gasteiger partial charge in [-0.25, -0.2) is 0 Å². The summed E-state index contributed by atoms with van der Waals surface area (Å²) in [7, 11) is 0. The van der Waals surface area contributed by atoms with Crippen LogP contribution in [0.5, 0.6) is 0 Å². The Morgan fingerprint density at radius 3 is 2.29 bits per heavy atom. The van der Waals surface area contributed by atoms with Crippen LogP contribution in [0, 0.1) is 25.7 Å². The molecule has 0 unspecified atom stereocenters. The van der Waals surface area contributed by atoms with Crippen molar-refractivity contribution < 1.29 is 14.4 Å². The monoisotopic (exact) mass is 461 g/mol. The number of rotatable bonds is 7. The lowest BCUT2D eigenvalue weighted by molar-refractivity contribution is -0.159. The van der Waals surface area contributed by atoms with Crippen molar-refractivity contribution in [1.82, 2.24) is 15.2 Å². The molecule has 2 aromatic rings. The Hall–Kier alpha value is -3.02. The number of carbonyl (C=O) groups excluding carboxylic acids is 3. The van der Waals surface area contributed by atoms with Gasteiger partial charge in [-0.05, 0) is 55.7 Å². The fraction of sp³-hybridized carbons (Fsp3) is 0.500. The lowest BCUT2D eigenvalue weighted by Crippen LogP contribution is -2.68. The van der Waals surface area contributed by atoms with E-state index in [4.69, 9.17) is 0 Å². The van der Waals surface area contributed by atoms with Gasteiger partial charge in [0.25, 0.3) is 0 Å². The van der Waals surface area contributed by atoms with Gasteiger partial charge in [-0.3, -0.25) is 19.4 Å². The van der Waals surface area contributed by atoms with Crippen LogP contribution in [0.3, 0.4) is 0 Å². The van der Waals surface area contributed by atoms with Crippen LogP contribution >= 0.6 is 0 Å². The van der Waals surface area contributed by atoms with Crippen LogP contribution in [0.4, 0.5) is 0 Å². The molecular formula is C28H35N3O3. The third-order valence-corrected chi connectivity index (χ3v) is 7.62. The SMILES string of the molecule is CCC(=O)[C@@H](c1ccc(C)nc1C)N1C(=O)[C@@H](C2Cc3ccccc3C2)NC(=O)[C@H]1[C@@H](C)CC. The van der Waals surface area contributed by atoms with Crippen molar-refractivity contribution in [3.63, 3.8) is 0 Å². The average molecular weight is 462 g/mol. The average Bonchev–Trinajstić information content (AvgIpc) is 3.25. The molecule has 0 radical (unpaired) electrons. The molecular weight excluding hydrogens is 426 g/mol. The van der Waals surface area contributed by atoms with Crippen LogP contribution in [-0.2, 0) is 27.2 Å². The molecule has 1 saturated heterocycles. The summed E-state index contributed by atoms with van der Waals surface area (Å²) in [5, 5.41) is 3.07. The second-order valence-electron chi connectivity index (χ2n) is 9.85. The Labute approximate surface area is 202 Å². The predicted octanol–water partition coefficient (Wildman–Crippen LogP) is 3.88. The van der Waals surface area contributed by atoms with Gasteiger partial charge in [0.2, 0.25) is 11.8 Å². The molecule has 6 nitrogen and oxygen atoms in total. The van der Waals surface area contributed by atoms with Crippen LogP contribution in [0.15, 0.2) is 36.4 Å². The highest BCUT2D eigenvalue weighted by Crippen LogP contribution is 2.37. The largest absolute Gasteiger partial charge is 0.342 e. The minimum Gasteiger partial charge on any atom is -0.342 e. The van der Waals surface area contributed by atoms with Crippen LogP contribution in [0.25, 0.3) is 0 Å². The van der Waals surface area contributed by atoms with Gasteiger partial charge in [-0.2, -0.15) is 0 Å². The molecule has 2 amide bonds. The van der Waals surface area contributed by atoms with E-state index < -0.39 is 18.1 Å². The first-order valence-electron chi connectivity index (χ1n) is 12.4. The summed E-state index contributed by atoms with van der Waals surface area (Å²) in [5.74, 6) is -0.505. The summed E-state index contributed by atoms with van der Waals surface area (Å²) in [6.07, 6.45) is 2.48. The van der Waals surface area contributed by atoms with Crippen molar-refractivity contribution in [2.24, 2.45) is 11.8 Å². The number of piperazine rings is 1. The molecule has 0 spiro atoms. The summed E-state index contributed by atoms with van der Waals surface area (Å²) in [6, 6.07) is 9.81. The van der Waals surface area contributed by atoms with Gasteiger partial charge in [0.15, 0.2) is 5.78 Å². The van der Waals surface area contributed by atoms with Crippen LogP contribution in [0.1, 0.15) is 67.7 Å². The predicted molar refractivity (Wildman–Crippen MR) is 131 cm³/mol. The van der Waals surface area contributed by atoms with Crippen molar-refractivity contribution in [1.29, 1.82) is 0 Å². The first-order chi connectivity index (χ1) is 16.3. The molecule has 1 aliphatic carbocycles. The quantitative estimate of drug-likeness (QED) is 0.679. The number of hydrogen-bond donors (Lipinski definition) is 1. The van der Waals surface area contributed by atoms with Gasteiger partial charge in [-0.15, -0.1) is 0 Å². The van der Waals surface area contributed by atoms with E-state index in [0.717, 1.165) is 30.7 Å². The lowest BCUT2D eigenvalue weighted by atomic mass is 9.85. The maximum Gasteiger partial charge on any atom is 0.247 e. The zero-order valence-electron chi connectivity index (χ0n) is 20.8. The normalized spacial score (nSPS) is 22.3. The molecule has 1 N–H and O–H groups in total. The van der Waals surface area contributed by atoms with E-state index in [2.05, 4.69) is 22.4 Å². The topological polar surface area (TPSA) is 79.4 Å². The third kappa shape index (κ3) is 4.26.